The third kappa shape index (κ3) is 3.45. The molecule has 1 aliphatic heterocycles. The molecular formula is C12H16ClFN2O2S. The maximum Gasteiger partial charge on any atom is 0.209 e. The highest BCUT2D eigenvalue weighted by molar-refractivity contribution is 7.88. The van der Waals surface area contributed by atoms with E-state index in [-0.39, 0.29) is 17.1 Å². The molecule has 2 rings (SSSR count). The molecular weight excluding hydrogens is 291 g/mol. The average molecular weight is 307 g/mol. The molecule has 0 aromatic heterocycles. The van der Waals surface area contributed by atoms with E-state index in [2.05, 4.69) is 4.72 Å². The molecule has 0 amide bonds. The highest BCUT2D eigenvalue weighted by Gasteiger charge is 2.34. The standard InChI is InChI=1S/C12H16ClFN2O2S/c1-16-6-5-11(15-19(2,17)18)12(16)8-3-4-9(13)10(14)7-8/h3-4,7,11-12,15H,5-6H2,1-2H3/t11-,12-/m1/s1. The number of likely N-dealkylation sites (tertiary alicyclic amines) is 1. The second-order valence-electron chi connectivity index (χ2n) is 4.88. The van der Waals surface area contributed by atoms with E-state index in [1.54, 1.807) is 6.07 Å². The van der Waals surface area contributed by atoms with Crippen LogP contribution >= 0.6 is 11.6 Å². The summed E-state index contributed by atoms with van der Waals surface area (Å²) in [4.78, 5) is 2.01. The minimum Gasteiger partial charge on any atom is -0.298 e. The highest BCUT2D eigenvalue weighted by atomic mass is 35.5. The number of benzene rings is 1. The van der Waals surface area contributed by atoms with Gasteiger partial charge in [0, 0.05) is 12.6 Å². The second kappa shape index (κ2) is 5.36. The van der Waals surface area contributed by atoms with Gasteiger partial charge in [0.25, 0.3) is 0 Å². The Kier molecular flexibility index (Phi) is 4.15. The first-order chi connectivity index (χ1) is 8.78. The second-order valence-corrected chi connectivity index (χ2v) is 7.07. The summed E-state index contributed by atoms with van der Waals surface area (Å²) in [5.41, 5.74) is 0.725. The van der Waals surface area contributed by atoms with Crippen LogP contribution in [-0.2, 0) is 10.0 Å². The quantitative estimate of drug-likeness (QED) is 0.926. The van der Waals surface area contributed by atoms with Crippen LogP contribution in [0.3, 0.4) is 0 Å². The van der Waals surface area contributed by atoms with Gasteiger partial charge < -0.3 is 0 Å². The van der Waals surface area contributed by atoms with Gasteiger partial charge in [-0.05, 0) is 31.2 Å². The minimum absolute atomic E-state index is 0.0667. The predicted octanol–water partition coefficient (Wildman–Crippen LogP) is 1.77. The molecule has 0 radical (unpaired) electrons. The van der Waals surface area contributed by atoms with E-state index in [4.69, 9.17) is 11.6 Å². The molecule has 1 saturated heterocycles. The van der Waals surface area contributed by atoms with Crippen LogP contribution in [0, 0.1) is 5.82 Å². The lowest BCUT2D eigenvalue weighted by Crippen LogP contribution is -2.38. The third-order valence-electron chi connectivity index (χ3n) is 3.30. The molecule has 0 saturated carbocycles. The van der Waals surface area contributed by atoms with E-state index >= 15 is 0 Å². The maximum atomic E-state index is 13.5. The van der Waals surface area contributed by atoms with Crippen molar-refractivity contribution in [1.29, 1.82) is 0 Å². The van der Waals surface area contributed by atoms with Crippen LogP contribution in [0.25, 0.3) is 0 Å². The lowest BCUT2D eigenvalue weighted by atomic mass is 10.0. The summed E-state index contributed by atoms with van der Waals surface area (Å²) < 4.78 is 38.9. The van der Waals surface area contributed by atoms with Gasteiger partial charge in [-0.3, -0.25) is 4.90 Å². The molecule has 19 heavy (non-hydrogen) atoms. The number of halogens is 2. The zero-order valence-electron chi connectivity index (χ0n) is 10.7. The van der Waals surface area contributed by atoms with Crippen molar-refractivity contribution in [3.05, 3.63) is 34.6 Å². The predicted molar refractivity (Wildman–Crippen MR) is 73.2 cm³/mol. The number of hydrogen-bond donors (Lipinski definition) is 1. The Morgan fingerprint density at radius 2 is 2.16 bits per heavy atom. The maximum absolute atomic E-state index is 13.5. The lowest BCUT2D eigenvalue weighted by Gasteiger charge is -2.25. The van der Waals surface area contributed by atoms with Crippen LogP contribution in [0.15, 0.2) is 18.2 Å². The Bertz CT molecular complexity index is 579. The molecule has 1 heterocycles. The molecule has 2 atom stereocenters. The molecule has 0 unspecified atom stereocenters. The first-order valence-electron chi connectivity index (χ1n) is 5.90. The minimum atomic E-state index is -3.29. The van der Waals surface area contributed by atoms with Gasteiger partial charge in [0.15, 0.2) is 0 Å². The molecule has 0 spiro atoms. The molecule has 1 N–H and O–H groups in total. The van der Waals surface area contributed by atoms with E-state index in [0.29, 0.717) is 6.42 Å². The Hall–Kier alpha value is -0.690. The number of likely N-dealkylation sites (N-methyl/N-ethyl adjacent to an activating group) is 1. The molecule has 1 aromatic rings. The van der Waals surface area contributed by atoms with Gasteiger partial charge in [-0.25, -0.2) is 17.5 Å². The normalized spacial score (nSPS) is 24.8. The van der Waals surface area contributed by atoms with Crippen LogP contribution in [0.1, 0.15) is 18.0 Å². The Balaban J connectivity index is 2.31. The van der Waals surface area contributed by atoms with Crippen molar-refractivity contribution >= 4 is 21.6 Å². The van der Waals surface area contributed by atoms with Crippen molar-refractivity contribution in [2.24, 2.45) is 0 Å². The molecule has 106 valence electrons. The first-order valence-corrected chi connectivity index (χ1v) is 8.17. The van der Waals surface area contributed by atoms with Crippen LogP contribution in [-0.4, -0.2) is 39.2 Å². The smallest absolute Gasteiger partial charge is 0.209 e. The zero-order chi connectivity index (χ0) is 14.2. The van der Waals surface area contributed by atoms with E-state index in [0.717, 1.165) is 18.4 Å². The molecule has 7 heteroatoms. The first kappa shape index (κ1) is 14.7. The van der Waals surface area contributed by atoms with E-state index in [9.17, 15) is 12.8 Å². The fourth-order valence-electron chi connectivity index (χ4n) is 2.53. The molecule has 4 nitrogen and oxygen atoms in total. The Morgan fingerprint density at radius 1 is 1.47 bits per heavy atom. The molecule has 0 bridgehead atoms. The summed E-state index contributed by atoms with van der Waals surface area (Å²) in [6.07, 6.45) is 1.82. The number of nitrogens with zero attached hydrogens (tertiary/aromatic N) is 1. The van der Waals surface area contributed by atoms with Crippen molar-refractivity contribution in [1.82, 2.24) is 9.62 Å². The van der Waals surface area contributed by atoms with E-state index in [1.807, 2.05) is 11.9 Å². The summed E-state index contributed by atoms with van der Waals surface area (Å²) in [6.45, 7) is 0.752. The number of rotatable bonds is 3. The van der Waals surface area contributed by atoms with Crippen molar-refractivity contribution < 1.29 is 12.8 Å². The molecule has 1 aromatic carbocycles. The van der Waals surface area contributed by atoms with Crippen LogP contribution in [0.5, 0.6) is 0 Å². The summed E-state index contributed by atoms with van der Waals surface area (Å²) >= 11 is 5.67. The summed E-state index contributed by atoms with van der Waals surface area (Å²) in [5, 5.41) is 0.0667. The summed E-state index contributed by atoms with van der Waals surface area (Å²) in [5.74, 6) is -0.488. The molecule has 1 aliphatic rings. The van der Waals surface area contributed by atoms with Gasteiger partial charge in [0.05, 0.1) is 17.3 Å². The highest BCUT2D eigenvalue weighted by Crippen LogP contribution is 2.32. The monoisotopic (exact) mass is 306 g/mol. The average Bonchev–Trinajstić information content (AvgIpc) is 2.62. The van der Waals surface area contributed by atoms with Crippen LogP contribution in [0.4, 0.5) is 4.39 Å². The SMILES string of the molecule is CN1CC[C@@H](NS(C)(=O)=O)[C@H]1c1ccc(Cl)c(F)c1. The lowest BCUT2D eigenvalue weighted by molar-refractivity contribution is 0.297. The summed E-state index contributed by atoms with van der Waals surface area (Å²) in [6, 6.07) is 4.17. The third-order valence-corrected chi connectivity index (χ3v) is 4.34. The summed E-state index contributed by atoms with van der Waals surface area (Å²) in [7, 11) is -1.40. The van der Waals surface area contributed by atoms with Gasteiger partial charge in [-0.1, -0.05) is 17.7 Å². The molecule has 1 fully saturated rings. The number of hydrogen-bond acceptors (Lipinski definition) is 3. The fourth-order valence-corrected chi connectivity index (χ4v) is 3.44. The molecule has 0 aliphatic carbocycles. The van der Waals surface area contributed by atoms with Crippen molar-refractivity contribution in [3.8, 4) is 0 Å². The van der Waals surface area contributed by atoms with Crippen molar-refractivity contribution in [3.63, 3.8) is 0 Å². The Labute approximate surface area is 117 Å². The van der Waals surface area contributed by atoms with Crippen LogP contribution in [0.2, 0.25) is 5.02 Å². The van der Waals surface area contributed by atoms with Crippen LogP contribution < -0.4 is 4.72 Å². The Morgan fingerprint density at radius 3 is 2.74 bits per heavy atom. The fraction of sp³-hybridized carbons (Fsp3) is 0.500. The number of nitrogens with one attached hydrogen (secondary N) is 1. The van der Waals surface area contributed by atoms with Crippen molar-refractivity contribution in [2.45, 2.75) is 18.5 Å². The zero-order valence-corrected chi connectivity index (χ0v) is 12.3. The van der Waals surface area contributed by atoms with Gasteiger partial charge in [-0.2, -0.15) is 0 Å². The van der Waals surface area contributed by atoms with Gasteiger partial charge in [-0.15, -0.1) is 0 Å². The van der Waals surface area contributed by atoms with E-state index < -0.39 is 15.8 Å². The largest absolute Gasteiger partial charge is 0.298 e. The van der Waals surface area contributed by atoms with Gasteiger partial charge >= 0.3 is 0 Å². The number of sulfonamides is 1. The topological polar surface area (TPSA) is 49.4 Å². The van der Waals surface area contributed by atoms with Crippen molar-refractivity contribution in [2.75, 3.05) is 19.8 Å². The van der Waals surface area contributed by atoms with E-state index in [1.165, 1.54) is 12.1 Å². The van der Waals surface area contributed by atoms with Gasteiger partial charge in [0.1, 0.15) is 5.82 Å². The van der Waals surface area contributed by atoms with Gasteiger partial charge in [0.2, 0.25) is 10.0 Å².